The van der Waals surface area contributed by atoms with Gasteiger partial charge in [0.2, 0.25) is 5.41 Å². The molecule has 0 fully saturated rings. The summed E-state index contributed by atoms with van der Waals surface area (Å²) in [6, 6.07) is 12.6. The Morgan fingerprint density at radius 1 is 1.15 bits per heavy atom. The van der Waals surface area contributed by atoms with Gasteiger partial charge in [0.05, 0.1) is 31.2 Å². The van der Waals surface area contributed by atoms with Crippen LogP contribution in [0.3, 0.4) is 0 Å². The lowest BCUT2D eigenvalue weighted by Gasteiger charge is -2.37. The van der Waals surface area contributed by atoms with E-state index in [1.807, 2.05) is 18.2 Å². The van der Waals surface area contributed by atoms with E-state index in [1.54, 1.807) is 51.3 Å². The predicted octanol–water partition coefficient (Wildman–Crippen LogP) is 3.43. The normalized spacial score (nSPS) is 17.6. The molecule has 0 aliphatic heterocycles. The van der Waals surface area contributed by atoms with Crippen molar-refractivity contribution < 1.29 is 9.84 Å². The molecule has 1 aromatic rings. The first-order valence-electron chi connectivity index (χ1n) is 7.68. The zero-order valence-electron chi connectivity index (χ0n) is 14.6. The van der Waals surface area contributed by atoms with Gasteiger partial charge in [-0.2, -0.15) is 20.9 Å². The molecule has 26 heavy (non-hydrogen) atoms. The highest BCUT2D eigenvalue weighted by atomic mass is 16.5. The first kappa shape index (κ1) is 18.6. The van der Waals surface area contributed by atoms with E-state index in [2.05, 4.69) is 10.5 Å². The van der Waals surface area contributed by atoms with Crippen molar-refractivity contribution in [2.24, 2.45) is 15.9 Å². The molecule has 0 amide bonds. The zero-order valence-corrected chi connectivity index (χ0v) is 14.6. The maximum absolute atomic E-state index is 10.4. The summed E-state index contributed by atoms with van der Waals surface area (Å²) in [6.07, 6.45) is 2.97. The predicted molar refractivity (Wildman–Crippen MR) is 95.9 cm³/mol. The molecule has 0 spiro atoms. The van der Waals surface area contributed by atoms with Crippen LogP contribution in [0.25, 0.3) is 0 Å². The third-order valence-corrected chi connectivity index (χ3v) is 4.30. The van der Waals surface area contributed by atoms with Gasteiger partial charge in [0, 0.05) is 11.0 Å². The topological polar surface area (TPSA) is 125 Å². The molecule has 0 unspecified atom stereocenters. The fourth-order valence-electron chi connectivity index (χ4n) is 2.68. The quantitative estimate of drug-likeness (QED) is 0.635. The first-order chi connectivity index (χ1) is 12.3. The van der Waals surface area contributed by atoms with Gasteiger partial charge in [-0.05, 0) is 24.3 Å². The van der Waals surface area contributed by atoms with E-state index in [-0.39, 0.29) is 5.57 Å². The molecule has 1 aromatic carbocycles. The SMILES string of the molecule is COc1ccc(NN=CC2=CC(C)(C)C(C#N)(C#N)C(O)=C2C#N)cc1. The Labute approximate surface area is 151 Å². The Morgan fingerprint density at radius 3 is 2.27 bits per heavy atom. The van der Waals surface area contributed by atoms with Gasteiger partial charge in [-0.15, -0.1) is 0 Å². The molecule has 2 N–H and O–H groups in total. The molecule has 0 radical (unpaired) electrons. The molecule has 130 valence electrons. The number of nitrogens with zero attached hydrogens (tertiary/aromatic N) is 4. The van der Waals surface area contributed by atoms with E-state index in [1.165, 1.54) is 6.21 Å². The second-order valence-electron chi connectivity index (χ2n) is 6.23. The van der Waals surface area contributed by atoms with Crippen LogP contribution in [0.1, 0.15) is 13.8 Å². The first-order valence-corrected chi connectivity index (χ1v) is 7.68. The minimum absolute atomic E-state index is 0.146. The van der Waals surface area contributed by atoms with Crippen molar-refractivity contribution in [2.75, 3.05) is 12.5 Å². The van der Waals surface area contributed by atoms with E-state index in [9.17, 15) is 20.9 Å². The zero-order chi connectivity index (χ0) is 19.4. The summed E-state index contributed by atoms with van der Waals surface area (Å²) in [5.74, 6) is 0.156. The van der Waals surface area contributed by atoms with E-state index >= 15 is 0 Å². The Kier molecular flexibility index (Phi) is 5.01. The molecular formula is C19H17N5O2. The van der Waals surface area contributed by atoms with Gasteiger partial charge in [-0.1, -0.05) is 19.9 Å². The van der Waals surface area contributed by atoms with Gasteiger partial charge < -0.3 is 9.84 Å². The molecule has 1 aliphatic carbocycles. The maximum atomic E-state index is 10.4. The van der Waals surface area contributed by atoms with Gasteiger partial charge in [0.25, 0.3) is 0 Å². The molecule has 0 atom stereocenters. The molecule has 0 saturated carbocycles. The Morgan fingerprint density at radius 2 is 1.77 bits per heavy atom. The van der Waals surface area contributed by atoms with Gasteiger partial charge in [0.15, 0.2) is 0 Å². The second kappa shape index (κ2) is 7.01. The summed E-state index contributed by atoms with van der Waals surface area (Å²) in [7, 11) is 1.57. The second-order valence-corrected chi connectivity index (χ2v) is 6.23. The maximum Gasteiger partial charge on any atom is 0.209 e. The number of anilines is 1. The van der Waals surface area contributed by atoms with Crippen molar-refractivity contribution in [3.05, 3.63) is 47.2 Å². The average molecular weight is 347 g/mol. The van der Waals surface area contributed by atoms with Gasteiger partial charge >= 0.3 is 0 Å². The van der Waals surface area contributed by atoms with Gasteiger partial charge in [-0.3, -0.25) is 5.43 Å². The van der Waals surface area contributed by atoms with Crippen LogP contribution in [0.5, 0.6) is 5.75 Å². The number of nitriles is 3. The van der Waals surface area contributed by atoms with Crippen molar-refractivity contribution in [3.8, 4) is 24.0 Å². The minimum atomic E-state index is -1.82. The fourth-order valence-corrected chi connectivity index (χ4v) is 2.68. The van der Waals surface area contributed by atoms with Crippen LogP contribution in [-0.2, 0) is 0 Å². The standard InChI is InChI=1S/C19H17N5O2/c1-18(2)8-13(16(9-20)17(25)19(18,11-21)12-22)10-23-24-14-4-6-15(26-3)7-5-14/h4-8,10,24-25H,1-3H3. The molecule has 1 aliphatic rings. The molecule has 0 saturated heterocycles. The summed E-state index contributed by atoms with van der Waals surface area (Å²) < 4.78 is 5.07. The molecule has 0 heterocycles. The van der Waals surface area contributed by atoms with Gasteiger partial charge in [0.1, 0.15) is 23.2 Å². The molecule has 2 rings (SSSR count). The van der Waals surface area contributed by atoms with Crippen LogP contribution in [0.15, 0.2) is 52.3 Å². The number of aliphatic hydroxyl groups is 1. The number of hydrogen-bond donors (Lipinski definition) is 2. The lowest BCUT2D eigenvalue weighted by molar-refractivity contribution is 0.206. The van der Waals surface area contributed by atoms with Crippen LogP contribution >= 0.6 is 0 Å². The minimum Gasteiger partial charge on any atom is -0.508 e. The van der Waals surface area contributed by atoms with Crippen LogP contribution in [0.2, 0.25) is 0 Å². The monoisotopic (exact) mass is 347 g/mol. The van der Waals surface area contributed by atoms with Crippen molar-refractivity contribution in [3.63, 3.8) is 0 Å². The summed E-state index contributed by atoms with van der Waals surface area (Å²) in [5, 5.41) is 42.8. The fraction of sp³-hybridized carbons (Fsp3) is 0.263. The number of nitrogens with one attached hydrogen (secondary N) is 1. The number of benzene rings is 1. The Bertz CT molecular complexity index is 905. The summed E-state index contributed by atoms with van der Waals surface area (Å²) >= 11 is 0. The van der Waals surface area contributed by atoms with Crippen molar-refractivity contribution in [1.29, 1.82) is 15.8 Å². The summed E-state index contributed by atoms with van der Waals surface area (Å²) in [5.41, 5.74) is 0.863. The summed E-state index contributed by atoms with van der Waals surface area (Å²) in [6.45, 7) is 3.29. The lowest BCUT2D eigenvalue weighted by Crippen LogP contribution is -2.39. The average Bonchev–Trinajstić information content (AvgIpc) is 2.63. The van der Waals surface area contributed by atoms with Crippen molar-refractivity contribution in [2.45, 2.75) is 13.8 Å². The number of aliphatic hydroxyl groups excluding tert-OH is 1. The Hall–Kier alpha value is -3.76. The number of hydrogen-bond acceptors (Lipinski definition) is 7. The third kappa shape index (κ3) is 2.97. The Balaban J connectivity index is 2.34. The number of allylic oxidation sites excluding steroid dienone is 4. The molecule has 7 heteroatoms. The van der Waals surface area contributed by atoms with E-state index < -0.39 is 16.6 Å². The number of ether oxygens (including phenoxy) is 1. The van der Waals surface area contributed by atoms with Crippen LogP contribution < -0.4 is 10.2 Å². The van der Waals surface area contributed by atoms with Crippen LogP contribution in [0.4, 0.5) is 5.69 Å². The third-order valence-electron chi connectivity index (χ3n) is 4.30. The highest BCUT2D eigenvalue weighted by Crippen LogP contribution is 2.49. The molecule has 0 aromatic heterocycles. The molecule has 7 nitrogen and oxygen atoms in total. The number of hydrazone groups is 1. The van der Waals surface area contributed by atoms with Crippen molar-refractivity contribution in [1.82, 2.24) is 0 Å². The van der Waals surface area contributed by atoms with Gasteiger partial charge in [-0.25, -0.2) is 0 Å². The highest BCUT2D eigenvalue weighted by molar-refractivity contribution is 5.88. The lowest BCUT2D eigenvalue weighted by atomic mass is 9.61. The van der Waals surface area contributed by atoms with E-state index in [0.717, 1.165) is 0 Å². The number of methoxy groups -OCH3 is 1. The van der Waals surface area contributed by atoms with E-state index in [4.69, 9.17) is 4.74 Å². The highest BCUT2D eigenvalue weighted by Gasteiger charge is 2.53. The molecular weight excluding hydrogens is 330 g/mol. The van der Waals surface area contributed by atoms with Crippen molar-refractivity contribution >= 4 is 11.9 Å². The smallest absolute Gasteiger partial charge is 0.209 e. The van der Waals surface area contributed by atoms with Crippen LogP contribution in [0, 0.1) is 44.8 Å². The molecule has 0 bridgehead atoms. The van der Waals surface area contributed by atoms with Crippen LogP contribution in [-0.4, -0.2) is 18.4 Å². The summed E-state index contributed by atoms with van der Waals surface area (Å²) in [4.78, 5) is 0. The largest absolute Gasteiger partial charge is 0.508 e. The van der Waals surface area contributed by atoms with E-state index in [0.29, 0.717) is 17.0 Å². The number of rotatable bonds is 4.